The normalized spacial score (nSPS) is 16.5. The topological polar surface area (TPSA) is 38.8 Å². The lowest BCUT2D eigenvalue weighted by Crippen LogP contribution is -2.46. The number of hydrogen-bond acceptors (Lipinski definition) is 5. The summed E-state index contributed by atoms with van der Waals surface area (Å²) in [5.74, 6) is 0.0187. The van der Waals surface area contributed by atoms with E-state index in [4.69, 9.17) is 0 Å². The van der Waals surface area contributed by atoms with Crippen molar-refractivity contribution in [1.29, 1.82) is 0 Å². The van der Waals surface area contributed by atoms with Gasteiger partial charge >= 0.3 is 0 Å². The Morgan fingerprint density at radius 1 is 1.19 bits per heavy atom. The van der Waals surface area contributed by atoms with Gasteiger partial charge in [-0.15, -0.1) is 11.3 Å². The molecule has 1 atom stereocenters. The summed E-state index contributed by atoms with van der Waals surface area (Å²) < 4.78 is 0. The average Bonchev–Trinajstić information content (AvgIpc) is 3.22. The molecule has 0 aliphatic carbocycles. The fraction of sp³-hybridized carbons (Fsp3) is 0.476. The number of likely N-dealkylation sites (N-methyl/N-ethyl adjacent to an activating group) is 2. The molecule has 0 radical (unpaired) electrons. The highest BCUT2D eigenvalue weighted by atomic mass is 32.1. The number of nitrogens with zero attached hydrogens (tertiary/aromatic N) is 3. The zero-order valence-corrected chi connectivity index (χ0v) is 17.3. The molecule has 0 unspecified atom stereocenters. The van der Waals surface area contributed by atoms with Crippen LogP contribution in [0.5, 0.6) is 0 Å². The lowest BCUT2D eigenvalue weighted by molar-refractivity contribution is -0.117. The summed E-state index contributed by atoms with van der Waals surface area (Å²) in [5, 5.41) is 5.09. The van der Waals surface area contributed by atoms with Gasteiger partial charge in [0.25, 0.3) is 0 Å². The molecule has 3 rings (SSSR count). The van der Waals surface area contributed by atoms with Crippen molar-refractivity contribution in [1.82, 2.24) is 9.80 Å². The molecule has 2 aromatic rings. The number of rotatable bonds is 7. The molecule has 27 heavy (non-hydrogen) atoms. The number of carbonyl (C=O) groups is 1. The molecule has 1 aliphatic rings. The number of amides is 1. The number of hydrogen-bond donors (Lipinski definition) is 1. The lowest BCUT2D eigenvalue weighted by atomic mass is 10.2. The minimum atomic E-state index is 0.0187. The minimum absolute atomic E-state index is 0.0187. The number of piperazine rings is 1. The number of carbonyl (C=O) groups excluding carboxylic acids is 1. The molecule has 2 heterocycles. The zero-order valence-electron chi connectivity index (χ0n) is 16.5. The van der Waals surface area contributed by atoms with E-state index in [0.717, 1.165) is 38.4 Å². The Kier molecular flexibility index (Phi) is 6.88. The van der Waals surface area contributed by atoms with Crippen molar-refractivity contribution in [2.24, 2.45) is 0 Å². The first kappa shape index (κ1) is 19.9. The first-order valence-electron chi connectivity index (χ1n) is 9.67. The van der Waals surface area contributed by atoms with E-state index in [-0.39, 0.29) is 11.9 Å². The Labute approximate surface area is 166 Å². The van der Waals surface area contributed by atoms with Gasteiger partial charge in [0.15, 0.2) is 0 Å². The van der Waals surface area contributed by atoms with E-state index in [1.165, 1.54) is 10.6 Å². The van der Waals surface area contributed by atoms with Crippen molar-refractivity contribution < 1.29 is 4.79 Å². The molecule has 0 spiro atoms. The maximum Gasteiger partial charge on any atom is 0.238 e. The van der Waals surface area contributed by atoms with Gasteiger partial charge in [0.05, 0.1) is 6.54 Å². The molecule has 1 N–H and O–H groups in total. The molecule has 0 saturated carbocycles. The largest absolute Gasteiger partial charge is 0.369 e. The van der Waals surface area contributed by atoms with Crippen molar-refractivity contribution in [2.45, 2.75) is 19.9 Å². The molecular weight excluding hydrogens is 356 g/mol. The second-order valence-corrected chi connectivity index (χ2v) is 8.10. The van der Waals surface area contributed by atoms with Gasteiger partial charge in [0.1, 0.15) is 0 Å². The predicted molar refractivity (Wildman–Crippen MR) is 115 cm³/mol. The Morgan fingerprint density at radius 3 is 2.48 bits per heavy atom. The highest BCUT2D eigenvalue weighted by Gasteiger charge is 2.17. The van der Waals surface area contributed by atoms with Crippen molar-refractivity contribution >= 4 is 28.6 Å². The predicted octanol–water partition coefficient (Wildman–Crippen LogP) is 3.52. The summed E-state index contributed by atoms with van der Waals surface area (Å²) in [7, 11) is 1.99. The van der Waals surface area contributed by atoms with Crippen LogP contribution < -0.4 is 10.2 Å². The molecule has 5 nitrogen and oxygen atoms in total. The van der Waals surface area contributed by atoms with Crippen molar-refractivity contribution in [3.05, 3.63) is 46.7 Å². The maximum atomic E-state index is 12.4. The molecular formula is C21H30N4OS. The van der Waals surface area contributed by atoms with Crippen LogP contribution in [0.15, 0.2) is 41.8 Å². The monoisotopic (exact) mass is 386 g/mol. The van der Waals surface area contributed by atoms with E-state index < -0.39 is 0 Å². The smallest absolute Gasteiger partial charge is 0.238 e. The van der Waals surface area contributed by atoms with Crippen LogP contribution in [0.4, 0.5) is 11.4 Å². The van der Waals surface area contributed by atoms with Crippen LogP contribution in [0.1, 0.15) is 24.8 Å². The highest BCUT2D eigenvalue weighted by Crippen LogP contribution is 2.23. The van der Waals surface area contributed by atoms with Crippen LogP contribution in [0.2, 0.25) is 0 Å². The molecule has 1 aromatic heterocycles. The molecule has 1 amide bonds. The van der Waals surface area contributed by atoms with Gasteiger partial charge in [-0.25, -0.2) is 0 Å². The van der Waals surface area contributed by atoms with Gasteiger partial charge in [0.2, 0.25) is 5.91 Å². The maximum absolute atomic E-state index is 12.4. The van der Waals surface area contributed by atoms with Gasteiger partial charge < -0.3 is 15.1 Å². The number of nitrogens with one attached hydrogen (secondary N) is 1. The average molecular weight is 387 g/mol. The van der Waals surface area contributed by atoms with E-state index in [9.17, 15) is 4.79 Å². The van der Waals surface area contributed by atoms with E-state index in [0.29, 0.717) is 6.54 Å². The molecule has 1 fully saturated rings. The van der Waals surface area contributed by atoms with Crippen LogP contribution in [-0.2, 0) is 4.79 Å². The van der Waals surface area contributed by atoms with Gasteiger partial charge in [-0.1, -0.05) is 13.0 Å². The minimum Gasteiger partial charge on any atom is -0.369 e. The summed E-state index contributed by atoms with van der Waals surface area (Å²) in [6, 6.07) is 12.6. The third-order valence-corrected chi connectivity index (χ3v) is 6.39. The first-order valence-corrected chi connectivity index (χ1v) is 10.6. The number of thiophene rings is 1. The molecule has 1 saturated heterocycles. The SMILES string of the molecule is CCN1CCN(c2ccc(NC(=O)CN(C)[C@@H](C)c3cccs3)cc2)CC1. The third kappa shape index (κ3) is 5.31. The van der Waals surface area contributed by atoms with Gasteiger partial charge in [-0.3, -0.25) is 9.69 Å². The Hall–Kier alpha value is -1.89. The van der Waals surface area contributed by atoms with Crippen LogP contribution in [0.25, 0.3) is 0 Å². The van der Waals surface area contributed by atoms with Crippen LogP contribution in [0.3, 0.4) is 0 Å². The Balaban J connectivity index is 1.50. The van der Waals surface area contributed by atoms with Crippen LogP contribution in [0, 0.1) is 0 Å². The fourth-order valence-electron chi connectivity index (χ4n) is 3.39. The summed E-state index contributed by atoms with van der Waals surface area (Å²) >= 11 is 1.73. The highest BCUT2D eigenvalue weighted by molar-refractivity contribution is 7.10. The van der Waals surface area contributed by atoms with Gasteiger partial charge in [-0.2, -0.15) is 0 Å². The molecule has 1 aliphatic heterocycles. The summed E-state index contributed by atoms with van der Waals surface area (Å²) in [6.07, 6.45) is 0. The van der Waals surface area contributed by atoms with Crippen molar-refractivity contribution in [3.63, 3.8) is 0 Å². The Morgan fingerprint density at radius 2 is 1.89 bits per heavy atom. The molecule has 6 heteroatoms. The second-order valence-electron chi connectivity index (χ2n) is 7.12. The summed E-state index contributed by atoms with van der Waals surface area (Å²) in [6.45, 7) is 10.2. The zero-order chi connectivity index (χ0) is 19.2. The van der Waals surface area contributed by atoms with E-state index >= 15 is 0 Å². The van der Waals surface area contributed by atoms with E-state index in [1.54, 1.807) is 11.3 Å². The lowest BCUT2D eigenvalue weighted by Gasteiger charge is -2.35. The van der Waals surface area contributed by atoms with E-state index in [1.807, 2.05) is 25.2 Å². The van der Waals surface area contributed by atoms with Crippen LogP contribution >= 0.6 is 11.3 Å². The second kappa shape index (κ2) is 9.35. The summed E-state index contributed by atoms with van der Waals surface area (Å²) in [5.41, 5.74) is 2.08. The molecule has 0 bridgehead atoms. The first-order chi connectivity index (χ1) is 13.1. The fourth-order valence-corrected chi connectivity index (χ4v) is 4.24. The quantitative estimate of drug-likeness (QED) is 0.790. The van der Waals surface area contributed by atoms with Crippen LogP contribution in [-0.4, -0.2) is 62.0 Å². The van der Waals surface area contributed by atoms with Crippen molar-refractivity contribution in [3.8, 4) is 0 Å². The molecule has 146 valence electrons. The van der Waals surface area contributed by atoms with Gasteiger partial charge in [0, 0.05) is 48.5 Å². The third-order valence-electron chi connectivity index (χ3n) is 5.34. The van der Waals surface area contributed by atoms with Gasteiger partial charge in [-0.05, 0) is 56.2 Å². The number of anilines is 2. The standard InChI is InChI=1S/C21H30N4OS/c1-4-24-11-13-25(14-12-24)19-9-7-18(8-10-19)22-21(26)16-23(3)17(2)20-6-5-15-27-20/h5-10,15,17H,4,11-14,16H2,1-3H3,(H,22,26)/t17-/m0/s1. The number of benzene rings is 1. The Bertz CT molecular complexity index is 708. The molecule has 1 aromatic carbocycles. The van der Waals surface area contributed by atoms with E-state index in [2.05, 4.69) is 57.4 Å². The van der Waals surface area contributed by atoms with Crippen molar-refractivity contribution in [2.75, 3.05) is 56.5 Å². The summed E-state index contributed by atoms with van der Waals surface area (Å²) in [4.78, 5) is 20.6.